The van der Waals surface area contributed by atoms with Crippen LogP contribution in [0.4, 0.5) is 5.82 Å². The highest BCUT2D eigenvalue weighted by Gasteiger charge is 2.33. The summed E-state index contributed by atoms with van der Waals surface area (Å²) in [6.45, 7) is 4.71. The van der Waals surface area contributed by atoms with E-state index in [1.54, 1.807) is 19.2 Å². The Morgan fingerprint density at radius 1 is 1.10 bits per heavy atom. The predicted molar refractivity (Wildman–Crippen MR) is 118 cm³/mol. The highest BCUT2D eigenvalue weighted by molar-refractivity contribution is 6.36. The average molecular weight is 447 g/mol. The minimum atomic E-state index is -0.203. The van der Waals surface area contributed by atoms with Crippen molar-refractivity contribution in [1.29, 1.82) is 0 Å². The number of hydrogen-bond donors (Lipinski definition) is 0. The van der Waals surface area contributed by atoms with E-state index < -0.39 is 0 Å². The molecule has 158 valence electrons. The van der Waals surface area contributed by atoms with Gasteiger partial charge in [0.05, 0.1) is 22.5 Å². The van der Waals surface area contributed by atoms with Crippen molar-refractivity contribution in [3.63, 3.8) is 0 Å². The molecule has 6 nitrogen and oxygen atoms in total. The maximum Gasteiger partial charge on any atom is 0.225 e. The van der Waals surface area contributed by atoms with Crippen LogP contribution in [-0.2, 0) is 16.0 Å². The summed E-state index contributed by atoms with van der Waals surface area (Å²) in [5, 5.41) is 1.01. The molecule has 30 heavy (non-hydrogen) atoms. The summed E-state index contributed by atoms with van der Waals surface area (Å²) < 4.78 is 0. The molecule has 0 spiro atoms. The number of anilines is 1. The van der Waals surface area contributed by atoms with E-state index in [0.29, 0.717) is 55.0 Å². The molecule has 0 saturated carbocycles. The Hall–Kier alpha value is -2.31. The quantitative estimate of drug-likeness (QED) is 0.722. The number of piperazine rings is 1. The molecule has 0 radical (unpaired) electrons. The number of carbonyl (C=O) groups is 2. The Bertz CT molecular complexity index is 960. The number of fused-ring (bicyclic) bond motifs is 1. The first-order chi connectivity index (χ1) is 14.4. The third-order valence-corrected chi connectivity index (χ3v) is 6.39. The van der Waals surface area contributed by atoms with Gasteiger partial charge in [0, 0.05) is 45.8 Å². The molecule has 1 unspecified atom stereocenters. The first kappa shape index (κ1) is 20.9. The number of carbonyl (C=O) groups excluding carboxylic acids is 2. The van der Waals surface area contributed by atoms with Crippen molar-refractivity contribution in [2.75, 3.05) is 37.6 Å². The van der Waals surface area contributed by atoms with Crippen LogP contribution in [0.25, 0.3) is 0 Å². The number of amides is 2. The van der Waals surface area contributed by atoms with Gasteiger partial charge in [0.2, 0.25) is 11.8 Å². The topological polar surface area (TPSA) is 56.8 Å². The number of nitrogens with zero attached hydrogens (tertiary/aromatic N) is 4. The standard InChI is InChI=1S/C22H24Cl2N4O2/c1-15(29)28-7-6-16-4-2-3-5-18(16)20(28)13-21(30)26-8-10-27(11-9-26)22-19(24)12-17(23)14-25-22/h2-5,12,14,20H,6-11,13H2,1H3. The molecular weight excluding hydrogens is 423 g/mol. The van der Waals surface area contributed by atoms with Gasteiger partial charge in [-0.25, -0.2) is 4.98 Å². The minimum absolute atomic E-state index is 0.00979. The van der Waals surface area contributed by atoms with Crippen molar-refractivity contribution in [1.82, 2.24) is 14.8 Å². The molecule has 1 saturated heterocycles. The summed E-state index contributed by atoms with van der Waals surface area (Å²) in [5.41, 5.74) is 2.31. The average Bonchev–Trinajstić information content (AvgIpc) is 2.74. The Balaban J connectivity index is 1.43. The van der Waals surface area contributed by atoms with Crippen LogP contribution in [0.5, 0.6) is 0 Å². The maximum atomic E-state index is 13.1. The summed E-state index contributed by atoms with van der Waals surface area (Å²) in [4.78, 5) is 35.4. The van der Waals surface area contributed by atoms with Gasteiger partial charge in [-0.1, -0.05) is 47.5 Å². The van der Waals surface area contributed by atoms with E-state index in [1.165, 1.54) is 5.56 Å². The fourth-order valence-electron chi connectivity index (χ4n) is 4.35. The molecule has 1 fully saturated rings. The van der Waals surface area contributed by atoms with Gasteiger partial charge in [0.15, 0.2) is 0 Å². The number of pyridine rings is 1. The molecular formula is C22H24Cl2N4O2. The molecule has 0 N–H and O–H groups in total. The van der Waals surface area contributed by atoms with Gasteiger partial charge in [-0.15, -0.1) is 0 Å². The van der Waals surface area contributed by atoms with E-state index in [4.69, 9.17) is 23.2 Å². The molecule has 2 aliphatic rings. The van der Waals surface area contributed by atoms with Crippen LogP contribution in [0.3, 0.4) is 0 Å². The van der Waals surface area contributed by atoms with Crippen LogP contribution in [0.1, 0.15) is 30.5 Å². The highest BCUT2D eigenvalue weighted by Crippen LogP contribution is 2.33. The number of benzene rings is 1. The zero-order valence-electron chi connectivity index (χ0n) is 16.9. The Morgan fingerprint density at radius 2 is 1.83 bits per heavy atom. The van der Waals surface area contributed by atoms with E-state index in [0.717, 1.165) is 12.0 Å². The van der Waals surface area contributed by atoms with Crippen molar-refractivity contribution in [3.05, 3.63) is 57.7 Å². The summed E-state index contributed by atoms with van der Waals surface area (Å²) in [7, 11) is 0. The first-order valence-electron chi connectivity index (χ1n) is 10.1. The molecule has 1 atom stereocenters. The Labute approximate surface area is 186 Å². The molecule has 2 aromatic rings. The third-order valence-electron chi connectivity index (χ3n) is 5.91. The normalized spacial score (nSPS) is 18.9. The molecule has 2 amide bonds. The second-order valence-corrected chi connectivity index (χ2v) is 8.55. The lowest BCUT2D eigenvalue weighted by molar-refractivity contribution is -0.136. The van der Waals surface area contributed by atoms with Crippen LogP contribution < -0.4 is 4.90 Å². The Kier molecular flexibility index (Phi) is 6.16. The van der Waals surface area contributed by atoms with Crippen molar-refractivity contribution < 1.29 is 9.59 Å². The molecule has 0 aliphatic carbocycles. The number of hydrogen-bond acceptors (Lipinski definition) is 4. The molecule has 4 rings (SSSR count). The molecule has 1 aromatic heterocycles. The van der Waals surface area contributed by atoms with Gasteiger partial charge < -0.3 is 14.7 Å². The molecule has 2 aliphatic heterocycles. The van der Waals surface area contributed by atoms with Gasteiger partial charge in [-0.3, -0.25) is 9.59 Å². The maximum absolute atomic E-state index is 13.1. The zero-order chi connectivity index (χ0) is 21.3. The van der Waals surface area contributed by atoms with Crippen molar-refractivity contribution in [3.8, 4) is 0 Å². The molecule has 3 heterocycles. The van der Waals surface area contributed by atoms with Crippen LogP contribution in [-0.4, -0.2) is 59.3 Å². The second kappa shape index (κ2) is 8.82. The van der Waals surface area contributed by atoms with Crippen LogP contribution in [0.15, 0.2) is 36.5 Å². The third kappa shape index (κ3) is 4.25. The van der Waals surface area contributed by atoms with Gasteiger partial charge in [0.1, 0.15) is 5.82 Å². The van der Waals surface area contributed by atoms with E-state index in [9.17, 15) is 9.59 Å². The number of halogens is 2. The lowest BCUT2D eigenvalue weighted by atomic mass is 9.90. The molecule has 8 heteroatoms. The smallest absolute Gasteiger partial charge is 0.225 e. The lowest BCUT2D eigenvalue weighted by Crippen LogP contribution is -2.50. The first-order valence-corrected chi connectivity index (χ1v) is 10.9. The Morgan fingerprint density at radius 3 is 2.53 bits per heavy atom. The van der Waals surface area contributed by atoms with Gasteiger partial charge in [0.25, 0.3) is 0 Å². The van der Waals surface area contributed by atoms with Crippen molar-refractivity contribution in [2.24, 2.45) is 0 Å². The lowest BCUT2D eigenvalue weighted by Gasteiger charge is -2.39. The van der Waals surface area contributed by atoms with E-state index in [2.05, 4.69) is 16.0 Å². The van der Waals surface area contributed by atoms with Gasteiger partial charge in [-0.2, -0.15) is 0 Å². The monoisotopic (exact) mass is 446 g/mol. The summed E-state index contributed by atoms with van der Waals surface area (Å²) in [6.07, 6.45) is 2.71. The van der Waals surface area contributed by atoms with Crippen LogP contribution in [0, 0.1) is 0 Å². The van der Waals surface area contributed by atoms with Crippen molar-refractivity contribution >= 4 is 40.8 Å². The molecule has 1 aromatic carbocycles. The van der Waals surface area contributed by atoms with Crippen LogP contribution >= 0.6 is 23.2 Å². The van der Waals surface area contributed by atoms with Gasteiger partial charge in [-0.05, 0) is 23.6 Å². The summed E-state index contributed by atoms with van der Waals surface area (Å²) in [5.74, 6) is 0.769. The van der Waals surface area contributed by atoms with E-state index >= 15 is 0 Å². The SMILES string of the molecule is CC(=O)N1CCc2ccccc2C1CC(=O)N1CCN(c2ncc(Cl)cc2Cl)CC1. The summed E-state index contributed by atoms with van der Waals surface area (Å²) in [6, 6.07) is 9.59. The number of aromatic nitrogens is 1. The zero-order valence-corrected chi connectivity index (χ0v) is 18.4. The van der Waals surface area contributed by atoms with Crippen LogP contribution in [0.2, 0.25) is 10.0 Å². The minimum Gasteiger partial charge on any atom is -0.352 e. The van der Waals surface area contributed by atoms with Crippen molar-refractivity contribution in [2.45, 2.75) is 25.8 Å². The van der Waals surface area contributed by atoms with Gasteiger partial charge >= 0.3 is 0 Å². The van der Waals surface area contributed by atoms with E-state index in [1.807, 2.05) is 28.0 Å². The second-order valence-electron chi connectivity index (χ2n) is 7.71. The summed E-state index contributed by atoms with van der Waals surface area (Å²) >= 11 is 12.2. The highest BCUT2D eigenvalue weighted by atomic mass is 35.5. The largest absolute Gasteiger partial charge is 0.352 e. The number of rotatable bonds is 3. The molecule has 0 bridgehead atoms. The predicted octanol–water partition coefficient (Wildman–Crippen LogP) is 3.57. The van der Waals surface area contributed by atoms with E-state index in [-0.39, 0.29) is 17.9 Å². The fraction of sp³-hybridized carbons (Fsp3) is 0.409. The fourth-order valence-corrected chi connectivity index (χ4v) is 4.85.